The molecule has 0 spiro atoms. The second kappa shape index (κ2) is 2.83. The van der Waals surface area contributed by atoms with Gasteiger partial charge in [-0.25, -0.2) is 23.1 Å². The summed E-state index contributed by atoms with van der Waals surface area (Å²) in [5, 5.41) is -0.196. The Morgan fingerprint density at radius 1 is 1.14 bits per heavy atom. The van der Waals surface area contributed by atoms with E-state index in [4.69, 9.17) is 5.73 Å². The van der Waals surface area contributed by atoms with Gasteiger partial charge in [0.25, 0.3) is 0 Å². The van der Waals surface area contributed by atoms with E-state index in [9.17, 15) is 13.2 Å². The lowest BCUT2D eigenvalue weighted by Crippen LogP contribution is -1.99. The first-order valence-corrected chi connectivity index (χ1v) is 3.65. The van der Waals surface area contributed by atoms with Gasteiger partial charge in [-0.15, -0.1) is 0 Å². The predicted molar refractivity (Wildman–Crippen MR) is 43.8 cm³/mol. The van der Waals surface area contributed by atoms with Crippen molar-refractivity contribution in [1.82, 2.24) is 9.97 Å². The van der Waals surface area contributed by atoms with Gasteiger partial charge in [-0.1, -0.05) is 0 Å². The standard InChI is InChI=1S/C8H4F3N3/c9-4-1-5(10)6(11)7-3(4)2-13-8(12)14-7/h1-2H,(H2,12,13,14). The van der Waals surface area contributed by atoms with Crippen LogP contribution in [0.5, 0.6) is 0 Å². The second-order valence-corrected chi connectivity index (χ2v) is 2.64. The van der Waals surface area contributed by atoms with Crippen LogP contribution in [-0.4, -0.2) is 9.97 Å². The van der Waals surface area contributed by atoms with Gasteiger partial charge < -0.3 is 5.73 Å². The highest BCUT2D eigenvalue weighted by Crippen LogP contribution is 2.21. The van der Waals surface area contributed by atoms with E-state index in [-0.39, 0.29) is 11.3 Å². The normalized spacial score (nSPS) is 10.8. The smallest absolute Gasteiger partial charge is 0.220 e. The molecule has 1 heterocycles. The highest BCUT2D eigenvalue weighted by atomic mass is 19.2. The third-order valence-electron chi connectivity index (χ3n) is 1.74. The summed E-state index contributed by atoms with van der Waals surface area (Å²) in [5.74, 6) is -3.68. The Balaban J connectivity index is 2.95. The Labute approximate surface area is 76.4 Å². The minimum atomic E-state index is -1.30. The van der Waals surface area contributed by atoms with Gasteiger partial charge in [0.15, 0.2) is 11.6 Å². The average molecular weight is 199 g/mol. The van der Waals surface area contributed by atoms with E-state index in [1.807, 2.05) is 0 Å². The van der Waals surface area contributed by atoms with Crippen molar-refractivity contribution in [2.24, 2.45) is 0 Å². The molecule has 14 heavy (non-hydrogen) atoms. The van der Waals surface area contributed by atoms with Crippen molar-refractivity contribution in [2.45, 2.75) is 0 Å². The molecular formula is C8H4F3N3. The van der Waals surface area contributed by atoms with Crippen molar-refractivity contribution in [2.75, 3.05) is 5.73 Å². The van der Waals surface area contributed by atoms with E-state index >= 15 is 0 Å². The van der Waals surface area contributed by atoms with E-state index in [0.717, 1.165) is 6.20 Å². The van der Waals surface area contributed by atoms with E-state index in [1.165, 1.54) is 0 Å². The molecule has 0 amide bonds. The Bertz CT molecular complexity index is 513. The molecule has 2 aromatic rings. The molecule has 2 rings (SSSR count). The van der Waals surface area contributed by atoms with Crippen molar-refractivity contribution in [3.63, 3.8) is 0 Å². The number of hydrogen-bond donors (Lipinski definition) is 1. The van der Waals surface area contributed by atoms with Gasteiger partial charge in [-0.05, 0) is 0 Å². The van der Waals surface area contributed by atoms with Gasteiger partial charge in [-0.2, -0.15) is 0 Å². The zero-order valence-corrected chi connectivity index (χ0v) is 6.76. The topological polar surface area (TPSA) is 51.8 Å². The minimum Gasteiger partial charge on any atom is -0.368 e. The number of nitrogens with zero attached hydrogens (tertiary/aromatic N) is 2. The molecule has 0 saturated heterocycles. The van der Waals surface area contributed by atoms with E-state index < -0.39 is 23.0 Å². The fourth-order valence-corrected chi connectivity index (χ4v) is 1.10. The van der Waals surface area contributed by atoms with Gasteiger partial charge in [0, 0.05) is 12.3 Å². The Morgan fingerprint density at radius 3 is 2.57 bits per heavy atom. The number of nitrogens with two attached hydrogens (primary N) is 1. The molecule has 0 aliphatic carbocycles. The molecular weight excluding hydrogens is 195 g/mol. The van der Waals surface area contributed by atoms with Crippen molar-refractivity contribution in [3.05, 3.63) is 29.7 Å². The van der Waals surface area contributed by atoms with Crippen molar-refractivity contribution in [1.29, 1.82) is 0 Å². The maximum Gasteiger partial charge on any atom is 0.220 e. The van der Waals surface area contributed by atoms with Crippen LogP contribution in [0.25, 0.3) is 10.9 Å². The molecule has 0 radical (unpaired) electrons. The predicted octanol–water partition coefficient (Wildman–Crippen LogP) is 1.63. The molecule has 0 unspecified atom stereocenters. The van der Waals surface area contributed by atoms with E-state index in [2.05, 4.69) is 9.97 Å². The van der Waals surface area contributed by atoms with Crippen molar-refractivity contribution >= 4 is 16.9 Å². The summed E-state index contributed by atoms with van der Waals surface area (Å²) in [5.41, 5.74) is 4.71. The van der Waals surface area contributed by atoms with Crippen LogP contribution in [0.4, 0.5) is 19.1 Å². The summed E-state index contributed by atoms with van der Waals surface area (Å²) < 4.78 is 38.8. The fourth-order valence-electron chi connectivity index (χ4n) is 1.10. The first kappa shape index (κ1) is 8.74. The molecule has 6 heteroatoms. The molecule has 0 fully saturated rings. The lowest BCUT2D eigenvalue weighted by atomic mass is 10.2. The quantitative estimate of drug-likeness (QED) is 0.656. The maximum atomic E-state index is 13.1. The van der Waals surface area contributed by atoms with Crippen LogP contribution >= 0.6 is 0 Å². The van der Waals surface area contributed by atoms with Gasteiger partial charge in [0.1, 0.15) is 11.3 Å². The van der Waals surface area contributed by atoms with Gasteiger partial charge in [0.05, 0.1) is 5.39 Å². The number of aromatic nitrogens is 2. The van der Waals surface area contributed by atoms with Crippen LogP contribution in [0.3, 0.4) is 0 Å². The monoisotopic (exact) mass is 199 g/mol. The molecule has 2 N–H and O–H groups in total. The molecule has 0 atom stereocenters. The Hall–Kier alpha value is -1.85. The summed E-state index contributed by atoms with van der Waals surface area (Å²) in [7, 11) is 0. The van der Waals surface area contributed by atoms with Crippen LogP contribution in [-0.2, 0) is 0 Å². The first-order chi connectivity index (χ1) is 6.59. The highest BCUT2D eigenvalue weighted by Gasteiger charge is 2.13. The summed E-state index contributed by atoms with van der Waals surface area (Å²) in [6, 6.07) is 0.442. The number of halogens is 3. The maximum absolute atomic E-state index is 13.1. The van der Waals surface area contributed by atoms with Gasteiger partial charge in [0.2, 0.25) is 5.95 Å². The average Bonchev–Trinajstić information content (AvgIpc) is 2.14. The van der Waals surface area contributed by atoms with Crippen LogP contribution in [0.15, 0.2) is 12.3 Å². The first-order valence-electron chi connectivity index (χ1n) is 3.65. The summed E-state index contributed by atoms with van der Waals surface area (Å²) in [4.78, 5) is 6.88. The Kier molecular flexibility index (Phi) is 1.77. The number of nitrogen functional groups attached to an aromatic ring is 1. The van der Waals surface area contributed by atoms with Crippen LogP contribution in [0.1, 0.15) is 0 Å². The van der Waals surface area contributed by atoms with Crippen LogP contribution < -0.4 is 5.73 Å². The fraction of sp³-hybridized carbons (Fsp3) is 0. The van der Waals surface area contributed by atoms with Crippen LogP contribution in [0.2, 0.25) is 0 Å². The third kappa shape index (κ3) is 1.15. The van der Waals surface area contributed by atoms with Gasteiger partial charge in [-0.3, -0.25) is 0 Å². The summed E-state index contributed by atoms with van der Waals surface area (Å²) in [6.45, 7) is 0. The largest absolute Gasteiger partial charge is 0.368 e. The SMILES string of the molecule is Nc1ncc2c(F)cc(F)c(F)c2n1. The molecule has 0 bridgehead atoms. The van der Waals surface area contributed by atoms with Crippen molar-refractivity contribution < 1.29 is 13.2 Å². The molecule has 0 aliphatic heterocycles. The zero-order chi connectivity index (χ0) is 10.3. The van der Waals surface area contributed by atoms with E-state index in [1.54, 1.807) is 0 Å². The molecule has 3 nitrogen and oxygen atoms in total. The van der Waals surface area contributed by atoms with Gasteiger partial charge >= 0.3 is 0 Å². The van der Waals surface area contributed by atoms with Crippen LogP contribution in [0, 0.1) is 17.5 Å². The lowest BCUT2D eigenvalue weighted by molar-refractivity contribution is 0.504. The molecule has 1 aromatic heterocycles. The zero-order valence-electron chi connectivity index (χ0n) is 6.76. The molecule has 0 aliphatic rings. The van der Waals surface area contributed by atoms with Crippen molar-refractivity contribution in [3.8, 4) is 0 Å². The Morgan fingerprint density at radius 2 is 1.86 bits per heavy atom. The third-order valence-corrected chi connectivity index (χ3v) is 1.74. The number of hydrogen-bond acceptors (Lipinski definition) is 3. The molecule has 72 valence electrons. The number of anilines is 1. The lowest BCUT2D eigenvalue weighted by Gasteiger charge is -2.01. The molecule has 0 saturated carbocycles. The number of fused-ring (bicyclic) bond motifs is 1. The number of benzene rings is 1. The second-order valence-electron chi connectivity index (χ2n) is 2.64. The summed E-state index contributed by atoms with van der Waals surface area (Å²) in [6.07, 6.45) is 1.01. The summed E-state index contributed by atoms with van der Waals surface area (Å²) >= 11 is 0. The number of rotatable bonds is 0. The van der Waals surface area contributed by atoms with E-state index in [0.29, 0.717) is 6.07 Å². The highest BCUT2D eigenvalue weighted by molar-refractivity contribution is 5.79. The minimum absolute atomic E-state index is 0.196. The molecule has 1 aromatic carbocycles.